The highest BCUT2D eigenvalue weighted by atomic mass is 35.5. The van der Waals surface area contributed by atoms with E-state index in [9.17, 15) is 19.1 Å². The van der Waals surface area contributed by atoms with Crippen LogP contribution in [0.3, 0.4) is 0 Å². The Bertz CT molecular complexity index is 630. The lowest BCUT2D eigenvalue weighted by Gasteiger charge is -2.26. The fourth-order valence-corrected chi connectivity index (χ4v) is 3.24. The molecule has 3 rings (SSSR count). The molecule has 2 aliphatic heterocycles. The molecular weight excluding hydrogens is 337 g/mol. The van der Waals surface area contributed by atoms with E-state index < -0.39 is 24.0 Å². The van der Waals surface area contributed by atoms with Crippen molar-refractivity contribution in [1.29, 1.82) is 0 Å². The van der Waals surface area contributed by atoms with Crippen LogP contribution in [0, 0.1) is 5.82 Å². The molecule has 0 bridgehead atoms. The minimum atomic E-state index is -0.596. The van der Waals surface area contributed by atoms with Crippen LogP contribution in [0.5, 0.6) is 0 Å². The topological polar surface area (TPSA) is 72.9 Å². The van der Waals surface area contributed by atoms with E-state index in [2.05, 4.69) is 5.32 Å². The largest absolute Gasteiger partial charge is 0.392 e. The number of rotatable bonds is 3. The minimum Gasteiger partial charge on any atom is -0.392 e. The number of halogens is 2. The number of carbonyl (C=O) groups excluding carboxylic acids is 2. The number of likely N-dealkylation sites (N-methyl/N-ethyl adjacent to an activating group) is 1. The van der Waals surface area contributed by atoms with Crippen LogP contribution < -0.4 is 10.2 Å². The Labute approximate surface area is 146 Å². The third kappa shape index (κ3) is 3.38. The van der Waals surface area contributed by atoms with Crippen molar-refractivity contribution in [1.82, 2.24) is 10.2 Å². The first kappa shape index (κ1) is 18.6. The number of hydrogen-bond donors (Lipinski definition) is 2. The van der Waals surface area contributed by atoms with E-state index >= 15 is 0 Å². The van der Waals surface area contributed by atoms with Crippen LogP contribution in [0.1, 0.15) is 12.8 Å². The molecule has 2 saturated heterocycles. The van der Waals surface area contributed by atoms with Crippen molar-refractivity contribution in [2.75, 3.05) is 25.0 Å². The number of nitrogens with zero attached hydrogens (tertiary/aromatic N) is 2. The molecular formula is C16H21ClFN3O3. The van der Waals surface area contributed by atoms with Crippen LogP contribution in [0.25, 0.3) is 0 Å². The average molecular weight is 358 g/mol. The molecule has 132 valence electrons. The number of aliphatic hydroxyl groups excluding tert-OH is 1. The second-order valence-electron chi connectivity index (χ2n) is 6.05. The van der Waals surface area contributed by atoms with Crippen molar-refractivity contribution in [3.63, 3.8) is 0 Å². The van der Waals surface area contributed by atoms with Crippen LogP contribution in [0.4, 0.5) is 10.1 Å². The molecule has 3 unspecified atom stereocenters. The average Bonchev–Trinajstić information content (AvgIpc) is 3.13. The molecule has 3 atom stereocenters. The number of carbonyl (C=O) groups is 2. The summed E-state index contributed by atoms with van der Waals surface area (Å²) >= 11 is 0. The Morgan fingerprint density at radius 1 is 1.42 bits per heavy atom. The van der Waals surface area contributed by atoms with Gasteiger partial charge in [-0.3, -0.25) is 9.59 Å². The Morgan fingerprint density at radius 2 is 2.12 bits per heavy atom. The maximum Gasteiger partial charge on any atom is 0.249 e. The first-order valence-corrected chi connectivity index (χ1v) is 7.73. The number of nitrogens with one attached hydrogen (secondary N) is 1. The van der Waals surface area contributed by atoms with Crippen LogP contribution in [-0.2, 0) is 9.59 Å². The van der Waals surface area contributed by atoms with Gasteiger partial charge in [-0.05, 0) is 25.0 Å². The van der Waals surface area contributed by atoms with Gasteiger partial charge in [-0.2, -0.15) is 0 Å². The summed E-state index contributed by atoms with van der Waals surface area (Å²) in [5, 5.41) is 12.5. The lowest BCUT2D eigenvalue weighted by Crippen LogP contribution is -2.49. The van der Waals surface area contributed by atoms with E-state index in [0.717, 1.165) is 0 Å². The maximum absolute atomic E-state index is 13.9. The molecule has 2 heterocycles. The minimum absolute atomic E-state index is 0. The first-order valence-electron chi connectivity index (χ1n) is 7.73. The molecule has 24 heavy (non-hydrogen) atoms. The van der Waals surface area contributed by atoms with Crippen LogP contribution >= 0.6 is 12.4 Å². The predicted octanol–water partition coefficient (Wildman–Crippen LogP) is 0.534. The Balaban J connectivity index is 0.00000208. The molecule has 0 aromatic heterocycles. The zero-order chi connectivity index (χ0) is 16.6. The van der Waals surface area contributed by atoms with E-state index in [1.165, 1.54) is 15.9 Å². The van der Waals surface area contributed by atoms with Gasteiger partial charge in [0.15, 0.2) is 0 Å². The smallest absolute Gasteiger partial charge is 0.249 e. The number of β-amino-alcohol motifs (C(OH)–C–C–N with tert-alkyl or cyclic N) is 1. The first-order chi connectivity index (χ1) is 11.0. The summed E-state index contributed by atoms with van der Waals surface area (Å²) < 4.78 is 13.9. The molecule has 2 fully saturated rings. The fourth-order valence-electron chi connectivity index (χ4n) is 3.24. The third-order valence-corrected chi connectivity index (χ3v) is 4.54. The number of anilines is 1. The van der Waals surface area contributed by atoms with Crippen molar-refractivity contribution in [2.24, 2.45) is 0 Å². The molecule has 2 amide bonds. The lowest BCUT2D eigenvalue weighted by molar-refractivity contribution is -0.138. The molecule has 0 saturated carbocycles. The summed E-state index contributed by atoms with van der Waals surface area (Å²) in [6, 6.07) is 5.06. The molecule has 2 N–H and O–H groups in total. The van der Waals surface area contributed by atoms with Gasteiger partial charge in [0.1, 0.15) is 11.9 Å². The van der Waals surface area contributed by atoms with E-state index in [4.69, 9.17) is 0 Å². The summed E-state index contributed by atoms with van der Waals surface area (Å²) in [4.78, 5) is 27.8. The standard InChI is InChI=1S/C16H20FN3O3.ClH/c1-19(15(22)12-8-10(21)9-18-12)14-6-7-20(16(14)23)13-5-3-2-4-11(13)17;/h2-5,10,12,14,18,21H,6-9H2,1H3;1H. The summed E-state index contributed by atoms with van der Waals surface area (Å²) in [6.45, 7) is 0.757. The number of para-hydroxylation sites is 1. The molecule has 2 aliphatic rings. The normalized spacial score (nSPS) is 26.4. The molecule has 8 heteroatoms. The highest BCUT2D eigenvalue weighted by Gasteiger charge is 2.40. The summed E-state index contributed by atoms with van der Waals surface area (Å²) in [7, 11) is 1.59. The van der Waals surface area contributed by atoms with Gasteiger partial charge in [-0.15, -0.1) is 12.4 Å². The van der Waals surface area contributed by atoms with Crippen molar-refractivity contribution in [3.05, 3.63) is 30.1 Å². The summed E-state index contributed by atoms with van der Waals surface area (Å²) in [5.41, 5.74) is 0.246. The lowest BCUT2D eigenvalue weighted by atomic mass is 10.1. The van der Waals surface area contributed by atoms with Gasteiger partial charge in [-0.1, -0.05) is 12.1 Å². The van der Waals surface area contributed by atoms with Gasteiger partial charge in [0, 0.05) is 20.1 Å². The summed E-state index contributed by atoms with van der Waals surface area (Å²) in [6.07, 6.45) is 0.276. The summed E-state index contributed by atoms with van der Waals surface area (Å²) in [5.74, 6) is -0.934. The van der Waals surface area contributed by atoms with Gasteiger partial charge in [0.2, 0.25) is 11.8 Å². The van der Waals surface area contributed by atoms with E-state index in [1.807, 2.05) is 0 Å². The Hall–Kier alpha value is -1.70. The van der Waals surface area contributed by atoms with Crippen molar-refractivity contribution >= 4 is 29.9 Å². The van der Waals surface area contributed by atoms with Gasteiger partial charge in [0.25, 0.3) is 0 Å². The predicted molar refractivity (Wildman–Crippen MR) is 89.6 cm³/mol. The molecule has 0 aliphatic carbocycles. The number of hydrogen-bond acceptors (Lipinski definition) is 4. The zero-order valence-corrected chi connectivity index (χ0v) is 14.1. The quantitative estimate of drug-likeness (QED) is 0.828. The van der Waals surface area contributed by atoms with Crippen LogP contribution in [0.2, 0.25) is 0 Å². The Morgan fingerprint density at radius 3 is 2.75 bits per heavy atom. The van der Waals surface area contributed by atoms with Crippen LogP contribution in [0.15, 0.2) is 24.3 Å². The monoisotopic (exact) mass is 357 g/mol. The molecule has 6 nitrogen and oxygen atoms in total. The number of amides is 2. The number of benzene rings is 1. The Kier molecular flexibility index (Phi) is 5.79. The molecule has 0 radical (unpaired) electrons. The van der Waals surface area contributed by atoms with E-state index in [1.54, 1.807) is 25.2 Å². The van der Waals surface area contributed by atoms with Crippen molar-refractivity contribution < 1.29 is 19.1 Å². The maximum atomic E-state index is 13.9. The fraction of sp³-hybridized carbons (Fsp3) is 0.500. The molecule has 0 spiro atoms. The van der Waals surface area contributed by atoms with Gasteiger partial charge >= 0.3 is 0 Å². The van der Waals surface area contributed by atoms with Crippen molar-refractivity contribution in [3.8, 4) is 0 Å². The van der Waals surface area contributed by atoms with Gasteiger partial charge < -0.3 is 20.2 Å². The zero-order valence-electron chi connectivity index (χ0n) is 13.3. The molecule has 1 aromatic rings. The third-order valence-electron chi connectivity index (χ3n) is 4.54. The highest BCUT2D eigenvalue weighted by molar-refractivity contribution is 6.01. The van der Waals surface area contributed by atoms with Gasteiger partial charge in [0.05, 0.1) is 17.8 Å². The van der Waals surface area contributed by atoms with Gasteiger partial charge in [-0.25, -0.2) is 4.39 Å². The highest BCUT2D eigenvalue weighted by Crippen LogP contribution is 2.26. The second kappa shape index (κ2) is 7.46. The van der Waals surface area contributed by atoms with E-state index in [-0.39, 0.29) is 29.9 Å². The SMILES string of the molecule is CN(C(=O)C1CC(O)CN1)C1CCN(c2ccccc2F)C1=O.Cl. The van der Waals surface area contributed by atoms with Crippen LogP contribution in [-0.4, -0.2) is 60.1 Å². The van der Waals surface area contributed by atoms with Crippen molar-refractivity contribution in [2.45, 2.75) is 31.0 Å². The second-order valence-corrected chi connectivity index (χ2v) is 6.05. The van der Waals surface area contributed by atoms with E-state index in [0.29, 0.717) is 25.9 Å². The number of aliphatic hydroxyl groups is 1. The molecule has 1 aromatic carbocycles.